The van der Waals surface area contributed by atoms with Crippen LogP contribution in [-0.2, 0) is 10.9 Å². The summed E-state index contributed by atoms with van der Waals surface area (Å²) in [5.74, 6) is 4.25. The maximum absolute atomic E-state index is 6.24. The van der Waals surface area contributed by atoms with Crippen molar-refractivity contribution in [1.82, 2.24) is 0 Å². The van der Waals surface area contributed by atoms with Crippen LogP contribution < -0.4 is 28.4 Å². The lowest BCUT2D eigenvalue weighted by molar-refractivity contribution is 0.293. The minimum Gasteiger partial charge on any atom is -0.494 e. The van der Waals surface area contributed by atoms with Crippen LogP contribution in [0.1, 0.15) is 41.5 Å². The van der Waals surface area contributed by atoms with E-state index in [4.69, 9.17) is 28.4 Å². The Morgan fingerprint density at radius 2 is 0.784 bits per heavy atom. The molecule has 0 aliphatic heterocycles. The summed E-state index contributed by atoms with van der Waals surface area (Å²) in [6.07, 6.45) is 0. The molecule has 0 atom stereocenters. The molecule has 0 aliphatic carbocycles. The van der Waals surface area contributed by atoms with Crippen LogP contribution in [0.3, 0.4) is 0 Å². The van der Waals surface area contributed by atoms with Crippen molar-refractivity contribution in [2.75, 3.05) is 39.6 Å². The lowest BCUT2D eigenvalue weighted by atomic mass is 10.3. The van der Waals surface area contributed by atoms with Gasteiger partial charge in [-0.2, -0.15) is 0 Å². The van der Waals surface area contributed by atoms with E-state index in [1.807, 2.05) is 84.0 Å². The van der Waals surface area contributed by atoms with Gasteiger partial charge in [0.2, 0.25) is 0 Å². The minimum atomic E-state index is -0.702. The molecule has 3 rings (SSSR count). The molecular formula is C30H39O6S+. The lowest BCUT2D eigenvalue weighted by Crippen LogP contribution is -2.14. The normalized spacial score (nSPS) is 10.8. The van der Waals surface area contributed by atoms with Crippen molar-refractivity contribution in [1.29, 1.82) is 0 Å². The molecule has 0 bridgehead atoms. The molecule has 0 fully saturated rings. The Hall–Kier alpha value is -3.19. The maximum atomic E-state index is 6.24. The number of ether oxygens (including phenoxy) is 6. The second-order valence-electron chi connectivity index (χ2n) is 7.71. The summed E-state index contributed by atoms with van der Waals surface area (Å²) in [6.45, 7) is 14.9. The molecule has 0 spiro atoms. The second-order valence-corrected chi connectivity index (χ2v) is 9.61. The van der Waals surface area contributed by atoms with Gasteiger partial charge in [-0.15, -0.1) is 0 Å². The van der Waals surface area contributed by atoms with Gasteiger partial charge in [-0.05, 0) is 53.7 Å². The number of hydrogen-bond donors (Lipinski definition) is 0. The van der Waals surface area contributed by atoms with Crippen molar-refractivity contribution < 1.29 is 28.4 Å². The first-order chi connectivity index (χ1) is 18.1. The van der Waals surface area contributed by atoms with Crippen LogP contribution in [0.15, 0.2) is 69.3 Å². The first kappa shape index (κ1) is 28.4. The largest absolute Gasteiger partial charge is 0.494 e. The van der Waals surface area contributed by atoms with Crippen LogP contribution in [0.25, 0.3) is 0 Å². The summed E-state index contributed by atoms with van der Waals surface area (Å²) < 4.78 is 36.7. The fourth-order valence-corrected chi connectivity index (χ4v) is 6.33. The predicted octanol–water partition coefficient (Wildman–Crippen LogP) is 7.17. The third-order valence-electron chi connectivity index (χ3n) is 5.20. The first-order valence-electron chi connectivity index (χ1n) is 13.0. The topological polar surface area (TPSA) is 55.4 Å². The molecule has 200 valence electrons. The van der Waals surface area contributed by atoms with Gasteiger partial charge in [-0.25, -0.2) is 0 Å². The molecule has 0 aliphatic rings. The monoisotopic (exact) mass is 527 g/mol. The van der Waals surface area contributed by atoms with Crippen molar-refractivity contribution in [3.8, 4) is 34.5 Å². The third kappa shape index (κ3) is 6.98. The van der Waals surface area contributed by atoms with E-state index in [1.165, 1.54) is 0 Å². The Morgan fingerprint density at radius 1 is 0.459 bits per heavy atom. The molecule has 0 radical (unpaired) electrons. The Kier molecular flexibility index (Phi) is 11.1. The summed E-state index contributed by atoms with van der Waals surface area (Å²) in [7, 11) is -0.702. The van der Waals surface area contributed by atoms with E-state index in [2.05, 4.69) is 12.1 Å². The summed E-state index contributed by atoms with van der Waals surface area (Å²) in [6, 6.07) is 18.1. The van der Waals surface area contributed by atoms with E-state index < -0.39 is 10.9 Å². The Labute approximate surface area is 224 Å². The van der Waals surface area contributed by atoms with E-state index in [0.29, 0.717) is 74.1 Å². The molecule has 3 aromatic carbocycles. The Bertz CT molecular complexity index is 995. The number of rotatable bonds is 15. The highest BCUT2D eigenvalue weighted by Gasteiger charge is 2.42. The van der Waals surface area contributed by atoms with Gasteiger partial charge in [-0.1, -0.05) is 18.2 Å². The highest BCUT2D eigenvalue weighted by Crippen LogP contribution is 2.51. The second kappa shape index (κ2) is 14.5. The zero-order chi connectivity index (χ0) is 26.6. The molecule has 0 N–H and O–H groups in total. The standard InChI is InChI=1S/C30H39O6S/c1-7-31-22-18-25(33-9-3)29(26(19-22)34-10-4)37(24-16-14-13-15-17-24)30-27(35-11-5)20-23(32-8-2)21-28(30)36-12-6/h13-21H,7-12H2,1-6H3/q+1. The molecule has 0 aromatic heterocycles. The molecule has 0 unspecified atom stereocenters. The third-order valence-corrected chi connectivity index (χ3v) is 7.56. The minimum absolute atomic E-state index is 0.500. The molecule has 6 nitrogen and oxygen atoms in total. The molecule has 0 saturated heterocycles. The van der Waals surface area contributed by atoms with Crippen LogP contribution in [0.5, 0.6) is 34.5 Å². The van der Waals surface area contributed by atoms with E-state index in [9.17, 15) is 0 Å². The van der Waals surface area contributed by atoms with Gasteiger partial charge >= 0.3 is 0 Å². The Balaban J connectivity index is 2.43. The van der Waals surface area contributed by atoms with Crippen molar-refractivity contribution in [3.05, 3.63) is 54.6 Å². The highest BCUT2D eigenvalue weighted by molar-refractivity contribution is 7.97. The Morgan fingerprint density at radius 3 is 1.08 bits per heavy atom. The van der Waals surface area contributed by atoms with Crippen LogP contribution in [0, 0.1) is 0 Å². The van der Waals surface area contributed by atoms with Gasteiger partial charge in [0.05, 0.1) is 39.6 Å². The van der Waals surface area contributed by atoms with Gasteiger partial charge in [0.25, 0.3) is 9.79 Å². The zero-order valence-corrected chi connectivity index (χ0v) is 23.6. The van der Waals surface area contributed by atoms with Crippen molar-refractivity contribution in [3.63, 3.8) is 0 Å². The molecule has 0 amide bonds. The summed E-state index contributed by atoms with van der Waals surface area (Å²) in [4.78, 5) is 2.92. The molecule has 0 heterocycles. The number of hydrogen-bond acceptors (Lipinski definition) is 6. The average Bonchev–Trinajstić information content (AvgIpc) is 2.88. The fourth-order valence-electron chi connectivity index (χ4n) is 3.95. The lowest BCUT2D eigenvalue weighted by Gasteiger charge is -2.21. The van der Waals surface area contributed by atoms with Gasteiger partial charge in [0, 0.05) is 24.3 Å². The predicted molar refractivity (Wildman–Crippen MR) is 149 cm³/mol. The number of benzene rings is 3. The smallest absolute Gasteiger partial charge is 0.250 e. The molecule has 37 heavy (non-hydrogen) atoms. The maximum Gasteiger partial charge on any atom is 0.250 e. The highest BCUT2D eigenvalue weighted by atomic mass is 32.2. The van der Waals surface area contributed by atoms with Crippen LogP contribution in [-0.4, -0.2) is 39.6 Å². The van der Waals surface area contributed by atoms with E-state index in [0.717, 1.165) is 14.7 Å². The first-order valence-corrected chi connectivity index (χ1v) is 14.3. The molecule has 0 saturated carbocycles. The molecular weight excluding hydrogens is 488 g/mol. The van der Waals surface area contributed by atoms with Crippen molar-refractivity contribution in [2.45, 2.75) is 56.2 Å². The van der Waals surface area contributed by atoms with Gasteiger partial charge in [0.1, 0.15) is 22.4 Å². The van der Waals surface area contributed by atoms with Gasteiger partial charge < -0.3 is 28.4 Å². The van der Waals surface area contributed by atoms with Crippen molar-refractivity contribution >= 4 is 10.9 Å². The SMILES string of the molecule is CCOc1cc(OCC)c([S+](c2ccccc2)c2c(OCC)cc(OCC)cc2OCC)c(OCC)c1. The summed E-state index contributed by atoms with van der Waals surface area (Å²) >= 11 is 0. The fraction of sp³-hybridized carbons (Fsp3) is 0.400. The molecule has 3 aromatic rings. The summed E-state index contributed by atoms with van der Waals surface area (Å²) in [5, 5.41) is 0. The molecule has 7 heteroatoms. The average molecular weight is 528 g/mol. The van der Waals surface area contributed by atoms with E-state index in [1.54, 1.807) is 0 Å². The van der Waals surface area contributed by atoms with Crippen LogP contribution in [0.2, 0.25) is 0 Å². The van der Waals surface area contributed by atoms with Gasteiger partial charge in [0.15, 0.2) is 27.9 Å². The van der Waals surface area contributed by atoms with Crippen LogP contribution >= 0.6 is 0 Å². The quantitative estimate of drug-likeness (QED) is 0.195. The van der Waals surface area contributed by atoms with E-state index in [-0.39, 0.29) is 0 Å². The van der Waals surface area contributed by atoms with Crippen LogP contribution in [0.4, 0.5) is 0 Å². The zero-order valence-electron chi connectivity index (χ0n) is 22.8. The summed E-state index contributed by atoms with van der Waals surface area (Å²) in [5.41, 5.74) is 0. The van der Waals surface area contributed by atoms with Crippen molar-refractivity contribution in [2.24, 2.45) is 0 Å². The van der Waals surface area contributed by atoms with E-state index >= 15 is 0 Å². The van der Waals surface area contributed by atoms with Gasteiger partial charge in [-0.3, -0.25) is 0 Å².